The number of pyridine rings is 1. The van der Waals surface area contributed by atoms with Gasteiger partial charge in [-0.15, -0.1) is 0 Å². The zero-order valence-electron chi connectivity index (χ0n) is 17.7. The first kappa shape index (κ1) is 22.9. The van der Waals surface area contributed by atoms with Crippen molar-refractivity contribution in [2.45, 2.75) is 25.2 Å². The van der Waals surface area contributed by atoms with Crippen molar-refractivity contribution in [3.05, 3.63) is 87.8 Å². The van der Waals surface area contributed by atoms with E-state index >= 15 is 0 Å². The summed E-state index contributed by atoms with van der Waals surface area (Å²) in [6.07, 6.45) is -2.12. The van der Waals surface area contributed by atoms with Crippen molar-refractivity contribution < 1.29 is 18.0 Å². The summed E-state index contributed by atoms with van der Waals surface area (Å²) in [7, 11) is 0. The molecule has 1 aromatic heterocycles. The summed E-state index contributed by atoms with van der Waals surface area (Å²) in [6.45, 7) is 4.73. The van der Waals surface area contributed by atoms with Crippen molar-refractivity contribution in [3.8, 4) is 0 Å². The Morgan fingerprint density at radius 3 is 2.64 bits per heavy atom. The summed E-state index contributed by atoms with van der Waals surface area (Å²) in [5.41, 5.74) is 0.894. The summed E-state index contributed by atoms with van der Waals surface area (Å²) in [6, 6.07) is 12.0. The number of hydrogen-bond acceptors (Lipinski definition) is 3. The van der Waals surface area contributed by atoms with E-state index in [1.165, 1.54) is 12.1 Å². The normalized spacial score (nSPS) is 15.2. The number of carbonyl (C=O) groups is 1. The largest absolute Gasteiger partial charge is 0.406 e. The van der Waals surface area contributed by atoms with Crippen LogP contribution in [0.25, 0.3) is 10.8 Å². The molecule has 1 aliphatic rings. The number of rotatable bonds is 5. The molecule has 0 unspecified atom stereocenters. The topological polar surface area (TPSA) is 54.3 Å². The van der Waals surface area contributed by atoms with Crippen LogP contribution in [0.4, 0.5) is 18.9 Å². The lowest BCUT2D eigenvalue weighted by Crippen LogP contribution is -2.65. The van der Waals surface area contributed by atoms with Crippen LogP contribution in [-0.2, 0) is 16.9 Å². The second-order valence-electron chi connectivity index (χ2n) is 8.18. The van der Waals surface area contributed by atoms with Crippen LogP contribution in [0.1, 0.15) is 11.1 Å². The molecule has 0 spiro atoms. The molecule has 172 valence electrons. The van der Waals surface area contributed by atoms with Crippen LogP contribution in [0, 0.1) is 6.92 Å². The fraction of sp³-hybridized carbons (Fsp3) is 0.250. The van der Waals surface area contributed by atoms with Crippen molar-refractivity contribution in [1.29, 1.82) is 0 Å². The van der Waals surface area contributed by atoms with Gasteiger partial charge in [0.05, 0.1) is 18.6 Å². The molecule has 33 heavy (non-hydrogen) atoms. The zero-order chi connectivity index (χ0) is 24.0. The standard InChI is InChI=1S/C24H21ClF3N3O2/c1-3-21(32)31-12-23(13-31,19-5-4-6-20(25)15(19)2)29-17-8-7-16-9-10-30(14-24(26,27)28)22(33)18(16)11-17/h3-11,29H,1,12-14H2,2H3. The van der Waals surface area contributed by atoms with Gasteiger partial charge in [-0.1, -0.05) is 36.4 Å². The van der Waals surface area contributed by atoms with E-state index < -0.39 is 23.8 Å². The van der Waals surface area contributed by atoms with E-state index in [0.717, 1.165) is 17.3 Å². The van der Waals surface area contributed by atoms with Gasteiger partial charge >= 0.3 is 6.18 Å². The number of fused-ring (bicyclic) bond motifs is 1. The lowest BCUT2D eigenvalue weighted by molar-refractivity contribution is -0.141. The van der Waals surface area contributed by atoms with E-state index in [9.17, 15) is 22.8 Å². The molecule has 0 bridgehead atoms. The lowest BCUT2D eigenvalue weighted by Gasteiger charge is -2.51. The maximum Gasteiger partial charge on any atom is 0.406 e. The van der Waals surface area contributed by atoms with E-state index in [1.54, 1.807) is 29.2 Å². The number of likely N-dealkylation sites (tertiary alicyclic amines) is 1. The molecule has 9 heteroatoms. The van der Waals surface area contributed by atoms with Gasteiger partial charge in [0.15, 0.2) is 0 Å². The van der Waals surface area contributed by atoms with Crippen LogP contribution in [0.5, 0.6) is 0 Å². The summed E-state index contributed by atoms with van der Waals surface area (Å²) in [5, 5.41) is 4.70. The number of benzene rings is 2. The highest BCUT2D eigenvalue weighted by Gasteiger charge is 2.47. The molecule has 0 radical (unpaired) electrons. The molecule has 0 atom stereocenters. The average molecular weight is 476 g/mol. The SMILES string of the molecule is C=CC(=O)N1CC(Nc2ccc3ccn(CC(F)(F)F)c(=O)c3c2)(c2cccc(Cl)c2C)C1. The van der Waals surface area contributed by atoms with E-state index in [4.69, 9.17) is 11.6 Å². The van der Waals surface area contributed by atoms with Gasteiger partial charge < -0.3 is 14.8 Å². The summed E-state index contributed by atoms with van der Waals surface area (Å²) in [4.78, 5) is 26.4. The zero-order valence-corrected chi connectivity index (χ0v) is 18.5. The minimum atomic E-state index is -4.51. The summed E-state index contributed by atoms with van der Waals surface area (Å²) >= 11 is 6.34. The predicted molar refractivity (Wildman–Crippen MR) is 123 cm³/mol. The van der Waals surface area contributed by atoms with Gasteiger partial charge in [0.1, 0.15) is 6.54 Å². The molecule has 1 amide bonds. The third kappa shape index (κ3) is 4.35. The Morgan fingerprint density at radius 2 is 1.97 bits per heavy atom. The van der Waals surface area contributed by atoms with Crippen molar-refractivity contribution in [1.82, 2.24) is 9.47 Å². The highest BCUT2D eigenvalue weighted by atomic mass is 35.5. The summed E-state index contributed by atoms with van der Waals surface area (Å²) in [5.74, 6) is -0.208. The fourth-order valence-corrected chi connectivity index (χ4v) is 4.46. The Kier molecular flexibility index (Phi) is 5.74. The van der Waals surface area contributed by atoms with E-state index in [0.29, 0.717) is 33.8 Å². The van der Waals surface area contributed by atoms with Crippen LogP contribution in [0.15, 0.2) is 66.1 Å². The molecular formula is C24H21ClF3N3O2. The monoisotopic (exact) mass is 475 g/mol. The molecule has 1 saturated heterocycles. The fourth-order valence-electron chi connectivity index (χ4n) is 4.28. The van der Waals surface area contributed by atoms with Crippen LogP contribution < -0.4 is 10.9 Å². The van der Waals surface area contributed by atoms with Crippen LogP contribution in [-0.4, -0.2) is 34.6 Å². The first-order valence-corrected chi connectivity index (χ1v) is 10.6. The predicted octanol–water partition coefficient (Wildman–Crippen LogP) is 4.86. The smallest absolute Gasteiger partial charge is 0.372 e. The van der Waals surface area contributed by atoms with E-state index in [2.05, 4.69) is 11.9 Å². The second kappa shape index (κ2) is 8.26. The molecule has 1 aliphatic heterocycles. The number of aromatic nitrogens is 1. The minimum Gasteiger partial charge on any atom is -0.372 e. The van der Waals surface area contributed by atoms with Gasteiger partial charge in [0, 0.05) is 22.3 Å². The molecule has 2 aromatic carbocycles. The molecular weight excluding hydrogens is 455 g/mol. The highest BCUT2D eigenvalue weighted by molar-refractivity contribution is 6.31. The van der Waals surface area contributed by atoms with Crippen molar-refractivity contribution >= 4 is 34.0 Å². The molecule has 3 aromatic rings. The van der Waals surface area contributed by atoms with Gasteiger partial charge in [-0.25, -0.2) is 0 Å². The van der Waals surface area contributed by atoms with Gasteiger partial charge in [-0.05, 0) is 53.8 Å². The number of alkyl halides is 3. The molecule has 1 N–H and O–H groups in total. The third-order valence-corrected chi connectivity index (χ3v) is 6.31. The number of nitrogens with zero attached hydrogens (tertiary/aromatic N) is 2. The van der Waals surface area contributed by atoms with Crippen molar-refractivity contribution in [2.24, 2.45) is 0 Å². The molecule has 4 rings (SSSR count). The van der Waals surface area contributed by atoms with Crippen LogP contribution in [0.3, 0.4) is 0 Å². The number of halogens is 4. The van der Waals surface area contributed by atoms with Gasteiger partial charge in [0.25, 0.3) is 5.56 Å². The van der Waals surface area contributed by atoms with Crippen LogP contribution in [0.2, 0.25) is 5.02 Å². The lowest BCUT2D eigenvalue weighted by atomic mass is 9.79. The number of anilines is 1. The Hall–Kier alpha value is -3.26. The molecule has 2 heterocycles. The third-order valence-electron chi connectivity index (χ3n) is 5.90. The average Bonchev–Trinajstić information content (AvgIpc) is 2.73. The molecule has 0 saturated carbocycles. The van der Waals surface area contributed by atoms with Crippen molar-refractivity contribution in [2.75, 3.05) is 18.4 Å². The van der Waals surface area contributed by atoms with Gasteiger partial charge in [-0.2, -0.15) is 13.2 Å². The Balaban J connectivity index is 1.75. The Morgan fingerprint density at radius 1 is 1.24 bits per heavy atom. The van der Waals surface area contributed by atoms with E-state index in [1.807, 2.05) is 19.1 Å². The minimum absolute atomic E-state index is 0.170. The quantitative estimate of drug-likeness (QED) is 0.536. The number of carbonyl (C=O) groups excluding carboxylic acids is 1. The first-order chi connectivity index (χ1) is 15.5. The molecule has 5 nitrogen and oxygen atoms in total. The van der Waals surface area contributed by atoms with Gasteiger partial charge in [-0.3, -0.25) is 9.59 Å². The second-order valence-corrected chi connectivity index (χ2v) is 8.59. The van der Waals surface area contributed by atoms with Gasteiger partial charge in [0.2, 0.25) is 5.91 Å². The Labute approximate surface area is 193 Å². The molecule has 1 fully saturated rings. The number of nitrogens with one attached hydrogen (secondary N) is 1. The maximum atomic E-state index is 12.8. The first-order valence-electron chi connectivity index (χ1n) is 10.2. The van der Waals surface area contributed by atoms with Crippen molar-refractivity contribution in [3.63, 3.8) is 0 Å². The maximum absolute atomic E-state index is 12.8. The highest BCUT2D eigenvalue weighted by Crippen LogP contribution is 2.39. The number of hydrogen-bond donors (Lipinski definition) is 1. The number of amides is 1. The molecule has 0 aliphatic carbocycles. The van der Waals surface area contributed by atoms with Crippen LogP contribution >= 0.6 is 11.6 Å². The summed E-state index contributed by atoms with van der Waals surface area (Å²) < 4.78 is 39.2. The Bertz CT molecular complexity index is 1310. The van der Waals surface area contributed by atoms with E-state index in [-0.39, 0.29) is 11.3 Å².